The third kappa shape index (κ3) is 12.4. The van der Waals surface area contributed by atoms with Gasteiger partial charge in [-0.2, -0.15) is 0 Å². The summed E-state index contributed by atoms with van der Waals surface area (Å²) in [6.45, 7) is 4.53. The van der Waals surface area contributed by atoms with Crippen LogP contribution in [-0.2, 0) is 12.8 Å². The smallest absolute Gasteiger partial charge is 0.0546 e. The molecule has 0 aliphatic carbocycles. The molecule has 0 aliphatic heterocycles. The van der Waals surface area contributed by atoms with Gasteiger partial charge in [0.1, 0.15) is 0 Å². The first-order valence-corrected chi connectivity index (χ1v) is 25.6. The highest BCUT2D eigenvalue weighted by atomic mass is 15.1. The van der Waals surface area contributed by atoms with E-state index in [1.54, 1.807) is 0 Å². The molecule has 0 saturated heterocycles. The lowest BCUT2D eigenvalue weighted by molar-refractivity contribution is 0.667. The molecule has 0 unspecified atom stereocenters. The van der Waals surface area contributed by atoms with Crippen LogP contribution in [0.15, 0.2) is 224 Å². The van der Waals surface area contributed by atoms with Gasteiger partial charge in [-0.25, -0.2) is 0 Å². The van der Waals surface area contributed by atoms with E-state index >= 15 is 0 Å². The molecule has 10 aromatic carbocycles. The summed E-state index contributed by atoms with van der Waals surface area (Å²) < 4.78 is 0. The van der Waals surface area contributed by atoms with Crippen molar-refractivity contribution >= 4 is 60.8 Å². The minimum absolute atomic E-state index is 1.12. The molecule has 0 atom stereocenters. The standard InChI is InChI=1S/C42H37N.C24H27N.CH5N/c1-2-3-4-6-13-31-20-25-35(26-21-31)43(36-27-22-33(23-28-36)32-14-7-5-8-15-32)42-30-41-37-17-10-9-16-34(37)24-29-39(41)38-18-11-12-19-40(38)42;1-2-3-4-6-9-20-12-16-23(17-13-20)25-24-18-14-22(15-19-24)21-10-7-5-8-11-21;1-2/h5,7-12,14-30H,2-4,6,13H2,1H3;5,7-8,10-19,25H,2-4,6,9H2,1H3;2H2,1H3. The molecule has 3 N–H and O–H groups in total. The van der Waals surface area contributed by atoms with E-state index in [4.69, 9.17) is 0 Å². The highest BCUT2D eigenvalue weighted by Gasteiger charge is 2.18. The Balaban J connectivity index is 0.000000208. The summed E-state index contributed by atoms with van der Waals surface area (Å²) in [7, 11) is 1.50. The molecule has 0 bridgehead atoms. The molecule has 3 heteroatoms. The zero-order valence-electron chi connectivity index (χ0n) is 41.5. The SMILES string of the molecule is CCCCCCc1ccc(N(c2ccc(-c3ccccc3)cc2)c2cc3c4ccccc4ccc3c3ccccc23)cc1.CCCCCCc1ccc(Nc2ccc(-c3ccccc3)cc2)cc1.CN. The van der Waals surface area contributed by atoms with E-state index in [1.807, 2.05) is 6.07 Å². The fourth-order valence-corrected chi connectivity index (χ4v) is 9.51. The fourth-order valence-electron chi connectivity index (χ4n) is 9.51. The molecule has 0 aromatic heterocycles. The maximum absolute atomic E-state index is 4.50. The summed E-state index contributed by atoms with van der Waals surface area (Å²) >= 11 is 0. The van der Waals surface area contributed by atoms with Crippen molar-refractivity contribution in [2.24, 2.45) is 5.73 Å². The molecule has 0 radical (unpaired) electrons. The lowest BCUT2D eigenvalue weighted by Crippen LogP contribution is -2.11. The Morgan fingerprint density at radius 3 is 1.30 bits per heavy atom. The first-order valence-electron chi connectivity index (χ1n) is 25.6. The van der Waals surface area contributed by atoms with E-state index < -0.39 is 0 Å². The van der Waals surface area contributed by atoms with Gasteiger partial charge in [0.25, 0.3) is 0 Å². The van der Waals surface area contributed by atoms with Gasteiger partial charge in [0.05, 0.1) is 5.69 Å². The number of rotatable bonds is 17. The van der Waals surface area contributed by atoms with Crippen LogP contribution in [0.4, 0.5) is 28.4 Å². The fraction of sp³-hybridized carbons (Fsp3) is 0.194. The summed E-state index contributed by atoms with van der Waals surface area (Å²) in [6.07, 6.45) is 12.7. The van der Waals surface area contributed by atoms with E-state index in [0.717, 1.165) is 23.5 Å². The maximum atomic E-state index is 4.50. The average molecular weight is 916 g/mol. The normalized spacial score (nSPS) is 10.9. The summed E-state index contributed by atoms with van der Waals surface area (Å²) in [4.78, 5) is 2.44. The summed E-state index contributed by atoms with van der Waals surface area (Å²) in [5, 5.41) is 11.1. The number of nitrogens with two attached hydrogens (primary N) is 1. The summed E-state index contributed by atoms with van der Waals surface area (Å²) in [5.41, 5.74) is 18.1. The van der Waals surface area contributed by atoms with Crippen molar-refractivity contribution in [2.75, 3.05) is 17.3 Å². The lowest BCUT2D eigenvalue weighted by atomic mass is 9.95. The van der Waals surface area contributed by atoms with Crippen LogP contribution in [0.1, 0.15) is 76.3 Å². The first kappa shape index (κ1) is 49.0. The Kier molecular flexibility index (Phi) is 17.7. The molecule has 0 fully saturated rings. The minimum atomic E-state index is 1.12. The van der Waals surface area contributed by atoms with Crippen molar-refractivity contribution in [3.8, 4) is 22.3 Å². The first-order chi connectivity index (χ1) is 34.6. The number of nitrogens with one attached hydrogen (secondary N) is 1. The third-order valence-electron chi connectivity index (χ3n) is 13.3. The Bertz CT molecular complexity index is 3120. The highest BCUT2D eigenvalue weighted by molar-refractivity contribution is 6.21. The zero-order chi connectivity index (χ0) is 48.3. The number of aryl methyl sites for hydroxylation is 2. The van der Waals surface area contributed by atoms with Crippen LogP contribution in [-0.4, -0.2) is 7.05 Å². The summed E-state index contributed by atoms with van der Waals surface area (Å²) in [5.74, 6) is 0. The molecule has 70 heavy (non-hydrogen) atoms. The molecular weight excluding hydrogens is 847 g/mol. The quantitative estimate of drug-likeness (QED) is 0.0706. The average Bonchev–Trinajstić information content (AvgIpc) is 3.43. The van der Waals surface area contributed by atoms with Crippen LogP contribution in [0.25, 0.3) is 54.6 Å². The van der Waals surface area contributed by atoms with Crippen molar-refractivity contribution < 1.29 is 0 Å². The van der Waals surface area contributed by atoms with Gasteiger partial charge in [0.15, 0.2) is 0 Å². The molecule has 0 amide bonds. The Morgan fingerprint density at radius 2 is 0.757 bits per heavy atom. The van der Waals surface area contributed by atoms with Crippen molar-refractivity contribution in [2.45, 2.75) is 78.1 Å². The van der Waals surface area contributed by atoms with Crippen LogP contribution < -0.4 is 16.0 Å². The number of benzene rings is 10. The van der Waals surface area contributed by atoms with Crippen LogP contribution >= 0.6 is 0 Å². The topological polar surface area (TPSA) is 41.3 Å². The zero-order valence-corrected chi connectivity index (χ0v) is 41.5. The van der Waals surface area contributed by atoms with Gasteiger partial charge in [0.2, 0.25) is 0 Å². The van der Waals surface area contributed by atoms with Crippen molar-refractivity contribution in [3.63, 3.8) is 0 Å². The number of hydrogen-bond acceptors (Lipinski definition) is 3. The lowest BCUT2D eigenvalue weighted by Gasteiger charge is -2.28. The second-order valence-corrected chi connectivity index (χ2v) is 18.1. The molecule has 352 valence electrons. The van der Waals surface area contributed by atoms with Gasteiger partial charge in [-0.15, -0.1) is 0 Å². The number of anilines is 5. The molecule has 3 nitrogen and oxygen atoms in total. The van der Waals surface area contributed by atoms with Crippen LogP contribution in [0, 0.1) is 0 Å². The Hall–Kier alpha value is -7.46. The van der Waals surface area contributed by atoms with E-state index in [1.165, 1.54) is 142 Å². The molecule has 10 aromatic rings. The monoisotopic (exact) mass is 916 g/mol. The second-order valence-electron chi connectivity index (χ2n) is 18.1. The van der Waals surface area contributed by atoms with E-state index in [2.05, 4.69) is 248 Å². The Labute approximate surface area is 417 Å². The third-order valence-corrected chi connectivity index (χ3v) is 13.3. The van der Waals surface area contributed by atoms with E-state index in [-0.39, 0.29) is 0 Å². The van der Waals surface area contributed by atoms with Crippen LogP contribution in [0.3, 0.4) is 0 Å². The van der Waals surface area contributed by atoms with Crippen molar-refractivity contribution in [1.82, 2.24) is 0 Å². The summed E-state index contributed by atoms with van der Waals surface area (Å²) in [6, 6.07) is 81.4. The van der Waals surface area contributed by atoms with Crippen LogP contribution in [0.5, 0.6) is 0 Å². The predicted molar refractivity (Wildman–Crippen MR) is 306 cm³/mol. The van der Waals surface area contributed by atoms with Crippen molar-refractivity contribution in [1.29, 1.82) is 0 Å². The Morgan fingerprint density at radius 1 is 0.343 bits per heavy atom. The predicted octanol–water partition coefficient (Wildman–Crippen LogP) is 19.2. The van der Waals surface area contributed by atoms with Gasteiger partial charge in [0, 0.05) is 28.1 Å². The molecule has 0 spiro atoms. The van der Waals surface area contributed by atoms with Crippen LogP contribution in [0.2, 0.25) is 0 Å². The van der Waals surface area contributed by atoms with E-state index in [0.29, 0.717) is 0 Å². The highest BCUT2D eigenvalue weighted by Crippen LogP contribution is 2.44. The number of fused-ring (bicyclic) bond motifs is 5. The molecule has 0 aliphatic rings. The second kappa shape index (κ2) is 25.2. The van der Waals surface area contributed by atoms with Gasteiger partial charge < -0.3 is 16.0 Å². The van der Waals surface area contributed by atoms with Gasteiger partial charge in [-0.1, -0.05) is 222 Å². The van der Waals surface area contributed by atoms with Gasteiger partial charge in [-0.05, 0) is 148 Å². The largest absolute Gasteiger partial charge is 0.356 e. The maximum Gasteiger partial charge on any atom is 0.0546 e. The number of nitrogens with zero attached hydrogens (tertiary/aromatic N) is 1. The number of hydrogen-bond donors (Lipinski definition) is 2. The van der Waals surface area contributed by atoms with Crippen molar-refractivity contribution in [3.05, 3.63) is 236 Å². The van der Waals surface area contributed by atoms with Gasteiger partial charge in [-0.3, -0.25) is 0 Å². The van der Waals surface area contributed by atoms with Gasteiger partial charge >= 0.3 is 0 Å². The van der Waals surface area contributed by atoms with E-state index in [9.17, 15) is 0 Å². The molecule has 10 rings (SSSR count). The molecule has 0 saturated carbocycles. The minimum Gasteiger partial charge on any atom is -0.356 e. The molecular formula is C67H69N3. The number of unbranched alkanes of at least 4 members (excludes halogenated alkanes) is 6. The molecule has 0 heterocycles.